The Kier molecular flexibility index (Phi) is 5.21. The first-order chi connectivity index (χ1) is 14.6. The molecule has 0 radical (unpaired) electrons. The highest BCUT2D eigenvalue weighted by atomic mass is 16.3. The summed E-state index contributed by atoms with van der Waals surface area (Å²) in [4.78, 5) is 30.1. The predicted molar refractivity (Wildman–Crippen MR) is 114 cm³/mol. The Morgan fingerprint density at radius 3 is 2.27 bits per heavy atom. The van der Waals surface area contributed by atoms with Crippen molar-refractivity contribution in [2.45, 2.75) is 74.9 Å². The maximum absolute atomic E-state index is 13.3. The van der Waals surface area contributed by atoms with Crippen LogP contribution in [0.15, 0.2) is 30.3 Å². The van der Waals surface area contributed by atoms with Gasteiger partial charge >= 0.3 is 6.03 Å². The van der Waals surface area contributed by atoms with Gasteiger partial charge in [0.1, 0.15) is 0 Å². The lowest BCUT2D eigenvalue weighted by Gasteiger charge is -2.70. The van der Waals surface area contributed by atoms with Crippen molar-refractivity contribution in [1.82, 2.24) is 15.1 Å². The highest BCUT2D eigenvalue weighted by Crippen LogP contribution is 2.54. The molecule has 30 heavy (non-hydrogen) atoms. The van der Waals surface area contributed by atoms with Gasteiger partial charge in [0.2, 0.25) is 5.91 Å². The number of amides is 3. The molecule has 1 aromatic carbocycles. The van der Waals surface area contributed by atoms with Gasteiger partial charge in [-0.25, -0.2) is 4.79 Å². The molecule has 4 aliphatic rings. The Bertz CT molecular complexity index is 780. The summed E-state index contributed by atoms with van der Waals surface area (Å²) in [5.41, 5.74) is 0.751. The lowest BCUT2D eigenvalue weighted by molar-refractivity contribution is -0.180. The first-order valence-corrected chi connectivity index (χ1v) is 11.7. The molecule has 3 amide bonds. The van der Waals surface area contributed by atoms with E-state index in [0.717, 1.165) is 56.9 Å². The number of benzene rings is 1. The Labute approximate surface area is 178 Å². The van der Waals surface area contributed by atoms with Crippen LogP contribution >= 0.6 is 0 Å². The quantitative estimate of drug-likeness (QED) is 0.800. The first-order valence-electron chi connectivity index (χ1n) is 11.7. The van der Waals surface area contributed by atoms with Crippen molar-refractivity contribution in [2.75, 3.05) is 19.7 Å². The largest absolute Gasteiger partial charge is 0.394 e. The van der Waals surface area contributed by atoms with Crippen LogP contribution in [0, 0.1) is 5.92 Å². The minimum Gasteiger partial charge on any atom is -0.394 e. The van der Waals surface area contributed by atoms with Crippen LogP contribution < -0.4 is 5.32 Å². The summed E-state index contributed by atoms with van der Waals surface area (Å²) in [6.07, 6.45) is 8.67. The number of hydrogen-bond acceptors (Lipinski definition) is 3. The Morgan fingerprint density at radius 1 is 1.00 bits per heavy atom. The monoisotopic (exact) mass is 411 g/mol. The molecule has 6 heteroatoms. The Hall–Kier alpha value is -2.08. The van der Waals surface area contributed by atoms with Crippen LogP contribution in [-0.4, -0.2) is 64.2 Å². The van der Waals surface area contributed by atoms with Gasteiger partial charge < -0.3 is 20.2 Å². The van der Waals surface area contributed by atoms with Crippen molar-refractivity contribution >= 4 is 11.9 Å². The van der Waals surface area contributed by atoms with Gasteiger partial charge in [-0.1, -0.05) is 56.0 Å². The predicted octanol–water partition coefficient (Wildman–Crippen LogP) is 2.87. The number of carbonyl (C=O) groups excluding carboxylic acids is 2. The third kappa shape index (κ3) is 3.11. The van der Waals surface area contributed by atoms with Gasteiger partial charge in [-0.2, -0.15) is 0 Å². The molecule has 4 fully saturated rings. The Balaban J connectivity index is 1.38. The average Bonchev–Trinajstić information content (AvgIpc) is 3.41. The second-order valence-corrected chi connectivity index (χ2v) is 9.72. The number of nitrogens with one attached hydrogen (secondary N) is 1. The van der Waals surface area contributed by atoms with Gasteiger partial charge in [-0.05, 0) is 31.2 Å². The summed E-state index contributed by atoms with van der Waals surface area (Å²) in [6, 6.07) is 10.1. The van der Waals surface area contributed by atoms with E-state index in [4.69, 9.17) is 0 Å². The van der Waals surface area contributed by atoms with Crippen LogP contribution in [0.1, 0.15) is 62.8 Å². The summed E-state index contributed by atoms with van der Waals surface area (Å²) >= 11 is 0. The Morgan fingerprint density at radius 2 is 1.63 bits per heavy atom. The van der Waals surface area contributed by atoms with Crippen LogP contribution in [0.3, 0.4) is 0 Å². The van der Waals surface area contributed by atoms with E-state index in [-0.39, 0.29) is 42.5 Å². The molecule has 2 saturated carbocycles. The number of nitrogens with zero attached hydrogens (tertiary/aromatic N) is 2. The minimum atomic E-state index is -0.397. The summed E-state index contributed by atoms with van der Waals surface area (Å²) in [7, 11) is 0. The van der Waals surface area contributed by atoms with Crippen molar-refractivity contribution in [3.8, 4) is 0 Å². The zero-order valence-corrected chi connectivity index (χ0v) is 17.6. The normalized spacial score (nSPS) is 28.4. The zero-order chi connectivity index (χ0) is 20.7. The van der Waals surface area contributed by atoms with Gasteiger partial charge in [0.25, 0.3) is 0 Å². The van der Waals surface area contributed by atoms with Gasteiger partial charge in [-0.3, -0.25) is 4.79 Å². The van der Waals surface area contributed by atoms with Crippen LogP contribution in [0.2, 0.25) is 0 Å². The maximum atomic E-state index is 13.3. The molecule has 5 rings (SSSR count). The molecule has 2 heterocycles. The topological polar surface area (TPSA) is 72.9 Å². The zero-order valence-electron chi connectivity index (χ0n) is 17.6. The first kappa shape index (κ1) is 19.9. The lowest BCUT2D eigenvalue weighted by atomic mass is 9.60. The number of likely N-dealkylation sites (tertiary alicyclic amines) is 2. The van der Waals surface area contributed by atoms with E-state index < -0.39 is 5.54 Å². The molecule has 1 aromatic rings. The molecular formula is C24H33N3O3. The fourth-order valence-corrected chi connectivity index (χ4v) is 6.50. The summed E-state index contributed by atoms with van der Waals surface area (Å²) < 4.78 is 0. The highest BCUT2D eigenvalue weighted by molar-refractivity contribution is 5.83. The van der Waals surface area contributed by atoms with Crippen LogP contribution in [0.25, 0.3) is 0 Å². The van der Waals surface area contributed by atoms with Crippen molar-refractivity contribution in [2.24, 2.45) is 5.92 Å². The van der Waals surface area contributed by atoms with E-state index in [2.05, 4.69) is 17.4 Å². The summed E-state index contributed by atoms with van der Waals surface area (Å²) in [6.45, 7) is 1.10. The van der Waals surface area contributed by atoms with Crippen molar-refractivity contribution in [3.63, 3.8) is 0 Å². The van der Waals surface area contributed by atoms with E-state index in [1.54, 1.807) is 0 Å². The minimum absolute atomic E-state index is 0.0596. The number of aliphatic hydroxyl groups is 1. The summed E-state index contributed by atoms with van der Waals surface area (Å²) in [5, 5.41) is 13.4. The molecule has 2 atom stereocenters. The molecule has 6 nitrogen and oxygen atoms in total. The van der Waals surface area contributed by atoms with E-state index in [1.807, 2.05) is 28.0 Å². The lowest BCUT2D eigenvalue weighted by Crippen LogP contribution is -2.87. The van der Waals surface area contributed by atoms with Gasteiger partial charge in [-0.15, -0.1) is 0 Å². The van der Waals surface area contributed by atoms with E-state index in [1.165, 1.54) is 0 Å². The van der Waals surface area contributed by atoms with Gasteiger partial charge in [0.05, 0.1) is 18.2 Å². The van der Waals surface area contributed by atoms with Crippen molar-refractivity contribution in [3.05, 3.63) is 35.9 Å². The van der Waals surface area contributed by atoms with E-state index in [0.29, 0.717) is 13.1 Å². The molecule has 1 spiro atoms. The number of carbonyl (C=O) groups is 2. The molecule has 0 aromatic heterocycles. The molecule has 0 bridgehead atoms. The maximum Gasteiger partial charge on any atom is 0.318 e. The molecule has 162 valence electrons. The molecule has 2 aliphatic carbocycles. The molecule has 2 N–H and O–H groups in total. The third-order valence-corrected chi connectivity index (χ3v) is 7.97. The SMILES string of the molecule is O=C(C1CCCC1)N1CC2(C1)[C@@H](c1ccccc1)[C@@H](CO)N2C(=O)NC1CCCC1. The third-order valence-electron chi connectivity index (χ3n) is 7.97. The van der Waals surface area contributed by atoms with E-state index in [9.17, 15) is 14.7 Å². The molecule has 2 saturated heterocycles. The second-order valence-electron chi connectivity index (χ2n) is 9.72. The number of aliphatic hydroxyl groups excluding tert-OH is 1. The van der Waals surface area contributed by atoms with Gasteiger partial charge in [0.15, 0.2) is 0 Å². The fourth-order valence-electron chi connectivity index (χ4n) is 6.50. The average molecular weight is 412 g/mol. The van der Waals surface area contributed by atoms with Crippen molar-refractivity contribution in [1.29, 1.82) is 0 Å². The van der Waals surface area contributed by atoms with Crippen molar-refractivity contribution < 1.29 is 14.7 Å². The summed E-state index contributed by atoms with van der Waals surface area (Å²) in [5.74, 6) is 0.478. The van der Waals surface area contributed by atoms with Crippen LogP contribution in [0.4, 0.5) is 4.79 Å². The molecular weight excluding hydrogens is 378 g/mol. The second kappa shape index (κ2) is 7.88. The van der Waals surface area contributed by atoms with Crippen LogP contribution in [0.5, 0.6) is 0 Å². The number of rotatable bonds is 4. The van der Waals surface area contributed by atoms with Gasteiger partial charge in [0, 0.05) is 31.0 Å². The van der Waals surface area contributed by atoms with E-state index >= 15 is 0 Å². The fraction of sp³-hybridized carbons (Fsp3) is 0.667. The standard InChI is InChI=1S/C24H33N3O3/c28-14-20-21(17-8-2-1-3-9-17)24(27(20)23(30)25-19-12-6-7-13-19)15-26(16-24)22(29)18-10-4-5-11-18/h1-3,8-9,18-21,28H,4-7,10-16H2,(H,25,30)/t20-,21+/m1/s1. The molecule has 0 unspecified atom stereocenters. The highest BCUT2D eigenvalue weighted by Gasteiger charge is 2.68. The molecule has 2 aliphatic heterocycles. The smallest absolute Gasteiger partial charge is 0.318 e. The van der Waals surface area contributed by atoms with Crippen LogP contribution in [-0.2, 0) is 4.79 Å². The number of urea groups is 1. The number of hydrogen-bond donors (Lipinski definition) is 2.